The number of nitrogens with zero attached hydrogens (tertiary/aromatic N) is 2. The quantitative estimate of drug-likeness (QED) is 0.698. The summed E-state index contributed by atoms with van der Waals surface area (Å²) in [4.78, 5) is 4.60. The Labute approximate surface area is 95.4 Å². The van der Waals surface area contributed by atoms with Crippen LogP contribution in [0.4, 0.5) is 0 Å². The van der Waals surface area contributed by atoms with Gasteiger partial charge in [-0.15, -0.1) is 0 Å². The molecular weight excluding hydrogens is 188 g/mol. The maximum absolute atomic E-state index is 5.21. The van der Waals surface area contributed by atoms with Gasteiger partial charge in [-0.05, 0) is 41.8 Å². The molecular formula is C12H28N2O. The first-order chi connectivity index (χ1) is 6.95. The molecule has 1 fully saturated rings. The van der Waals surface area contributed by atoms with Gasteiger partial charge in [0.1, 0.15) is 0 Å². The molecule has 0 aromatic rings. The van der Waals surface area contributed by atoms with Crippen LogP contribution in [0.1, 0.15) is 27.7 Å². The van der Waals surface area contributed by atoms with E-state index in [0.717, 1.165) is 26.3 Å². The fraction of sp³-hybridized carbons (Fsp3) is 1.00. The monoisotopic (exact) mass is 216 g/mol. The highest BCUT2D eigenvalue weighted by Gasteiger charge is 2.11. The van der Waals surface area contributed by atoms with Gasteiger partial charge in [-0.3, -0.25) is 4.90 Å². The van der Waals surface area contributed by atoms with Crippen molar-refractivity contribution in [2.45, 2.75) is 39.8 Å². The Kier molecular flexibility index (Phi) is 8.02. The van der Waals surface area contributed by atoms with Crippen LogP contribution in [0.25, 0.3) is 0 Å². The largest absolute Gasteiger partial charge is 0.379 e. The van der Waals surface area contributed by atoms with E-state index in [1.807, 2.05) is 0 Å². The lowest BCUT2D eigenvalue weighted by atomic mass is 10.3. The van der Waals surface area contributed by atoms with E-state index in [0.29, 0.717) is 12.1 Å². The Balaban J connectivity index is 0.000000288. The number of hydrogen-bond acceptors (Lipinski definition) is 3. The normalized spacial score (nSPS) is 18.2. The standard InChI is InChI=1S/C7H15NO.C5H13N/c1-7(2)8-3-5-9-6-4-8;1-5(2)6(3)4/h7H,3-6H2,1-2H3;5H,1-4H3. The molecule has 15 heavy (non-hydrogen) atoms. The van der Waals surface area contributed by atoms with Gasteiger partial charge in [-0.25, -0.2) is 0 Å². The SMILES string of the molecule is CC(C)N(C)C.CC(C)N1CCOCC1. The summed E-state index contributed by atoms with van der Waals surface area (Å²) in [6.07, 6.45) is 0. The first-order valence-corrected chi connectivity index (χ1v) is 5.93. The summed E-state index contributed by atoms with van der Waals surface area (Å²) in [5, 5.41) is 0. The predicted octanol–water partition coefficient (Wildman–Crippen LogP) is 1.68. The summed E-state index contributed by atoms with van der Waals surface area (Å²) in [5.41, 5.74) is 0. The highest BCUT2D eigenvalue weighted by Crippen LogP contribution is 2.01. The van der Waals surface area contributed by atoms with Crippen LogP contribution in [-0.2, 0) is 4.74 Å². The van der Waals surface area contributed by atoms with Gasteiger partial charge in [-0.1, -0.05) is 0 Å². The van der Waals surface area contributed by atoms with Crippen molar-refractivity contribution in [3.63, 3.8) is 0 Å². The molecule has 0 aromatic heterocycles. The zero-order valence-corrected chi connectivity index (χ0v) is 11.3. The van der Waals surface area contributed by atoms with Crippen molar-refractivity contribution in [2.24, 2.45) is 0 Å². The average molecular weight is 216 g/mol. The molecule has 0 bridgehead atoms. The van der Waals surface area contributed by atoms with Crippen LogP contribution in [0.15, 0.2) is 0 Å². The molecule has 0 radical (unpaired) electrons. The van der Waals surface area contributed by atoms with E-state index in [2.05, 4.69) is 51.6 Å². The van der Waals surface area contributed by atoms with E-state index in [1.54, 1.807) is 0 Å². The van der Waals surface area contributed by atoms with Crippen LogP contribution in [0, 0.1) is 0 Å². The Morgan fingerprint density at radius 2 is 1.40 bits per heavy atom. The lowest BCUT2D eigenvalue weighted by Gasteiger charge is -2.29. The summed E-state index contributed by atoms with van der Waals surface area (Å²) in [6.45, 7) is 12.8. The summed E-state index contributed by atoms with van der Waals surface area (Å²) in [6, 6.07) is 1.37. The first kappa shape index (κ1) is 14.9. The lowest BCUT2D eigenvalue weighted by Crippen LogP contribution is -2.40. The highest BCUT2D eigenvalue weighted by molar-refractivity contribution is 4.64. The van der Waals surface area contributed by atoms with Gasteiger partial charge in [0.05, 0.1) is 13.2 Å². The molecule has 92 valence electrons. The molecule has 1 aliphatic heterocycles. The number of rotatable bonds is 2. The summed E-state index contributed by atoms with van der Waals surface area (Å²) in [5.74, 6) is 0. The smallest absolute Gasteiger partial charge is 0.0594 e. The van der Waals surface area contributed by atoms with Gasteiger partial charge in [-0.2, -0.15) is 0 Å². The molecule has 0 aromatic carbocycles. The average Bonchev–Trinajstić information content (AvgIpc) is 2.20. The minimum absolute atomic E-state index is 0.685. The molecule has 3 heteroatoms. The minimum Gasteiger partial charge on any atom is -0.379 e. The molecule has 1 aliphatic rings. The van der Waals surface area contributed by atoms with Gasteiger partial charge >= 0.3 is 0 Å². The number of morpholine rings is 1. The van der Waals surface area contributed by atoms with Crippen LogP contribution < -0.4 is 0 Å². The number of ether oxygens (including phenoxy) is 1. The van der Waals surface area contributed by atoms with Gasteiger partial charge in [0.25, 0.3) is 0 Å². The second kappa shape index (κ2) is 8.08. The fourth-order valence-corrected chi connectivity index (χ4v) is 1.09. The molecule has 0 saturated carbocycles. The van der Waals surface area contributed by atoms with E-state index in [-0.39, 0.29) is 0 Å². The van der Waals surface area contributed by atoms with Crippen molar-refractivity contribution < 1.29 is 4.74 Å². The Morgan fingerprint density at radius 1 is 1.00 bits per heavy atom. The fourth-order valence-electron chi connectivity index (χ4n) is 1.09. The van der Waals surface area contributed by atoms with Crippen molar-refractivity contribution in [3.05, 3.63) is 0 Å². The van der Waals surface area contributed by atoms with Crippen molar-refractivity contribution in [2.75, 3.05) is 40.4 Å². The summed E-state index contributed by atoms with van der Waals surface area (Å²) >= 11 is 0. The molecule has 0 N–H and O–H groups in total. The molecule has 3 nitrogen and oxygen atoms in total. The van der Waals surface area contributed by atoms with Crippen LogP contribution in [0.2, 0.25) is 0 Å². The third kappa shape index (κ3) is 7.77. The molecule has 1 heterocycles. The van der Waals surface area contributed by atoms with Crippen LogP contribution in [0.5, 0.6) is 0 Å². The van der Waals surface area contributed by atoms with E-state index in [1.165, 1.54) is 0 Å². The van der Waals surface area contributed by atoms with Gasteiger partial charge in [0.15, 0.2) is 0 Å². The van der Waals surface area contributed by atoms with E-state index in [9.17, 15) is 0 Å². The van der Waals surface area contributed by atoms with Gasteiger partial charge in [0.2, 0.25) is 0 Å². The Bertz CT molecular complexity index is 135. The lowest BCUT2D eigenvalue weighted by molar-refractivity contribution is 0.0238. The zero-order valence-electron chi connectivity index (χ0n) is 11.3. The molecule has 0 amide bonds. The molecule has 0 aliphatic carbocycles. The Hall–Kier alpha value is -0.120. The third-order valence-electron chi connectivity index (χ3n) is 2.81. The van der Waals surface area contributed by atoms with Crippen LogP contribution in [0.3, 0.4) is 0 Å². The van der Waals surface area contributed by atoms with Crippen molar-refractivity contribution in [1.82, 2.24) is 9.80 Å². The maximum Gasteiger partial charge on any atom is 0.0594 e. The molecule has 0 unspecified atom stereocenters. The van der Waals surface area contributed by atoms with Crippen LogP contribution in [-0.4, -0.2) is 62.3 Å². The van der Waals surface area contributed by atoms with E-state index < -0.39 is 0 Å². The van der Waals surface area contributed by atoms with Crippen molar-refractivity contribution in [1.29, 1.82) is 0 Å². The minimum atomic E-state index is 0.685. The van der Waals surface area contributed by atoms with Crippen LogP contribution >= 0.6 is 0 Å². The zero-order chi connectivity index (χ0) is 11.8. The third-order valence-corrected chi connectivity index (χ3v) is 2.81. The summed E-state index contributed by atoms with van der Waals surface area (Å²) < 4.78 is 5.21. The topological polar surface area (TPSA) is 15.7 Å². The second-order valence-corrected chi connectivity index (χ2v) is 4.80. The molecule has 1 rings (SSSR count). The molecule has 0 spiro atoms. The summed E-state index contributed by atoms with van der Waals surface area (Å²) in [7, 11) is 4.15. The number of hydrogen-bond donors (Lipinski definition) is 0. The first-order valence-electron chi connectivity index (χ1n) is 5.93. The predicted molar refractivity (Wildman–Crippen MR) is 66.4 cm³/mol. The maximum atomic E-state index is 5.21. The Morgan fingerprint density at radius 3 is 1.60 bits per heavy atom. The van der Waals surface area contributed by atoms with Gasteiger partial charge < -0.3 is 9.64 Å². The second-order valence-electron chi connectivity index (χ2n) is 4.80. The molecule has 1 saturated heterocycles. The molecule has 0 atom stereocenters. The highest BCUT2D eigenvalue weighted by atomic mass is 16.5. The van der Waals surface area contributed by atoms with E-state index >= 15 is 0 Å². The van der Waals surface area contributed by atoms with Crippen molar-refractivity contribution in [3.8, 4) is 0 Å². The van der Waals surface area contributed by atoms with E-state index in [4.69, 9.17) is 4.74 Å². The van der Waals surface area contributed by atoms with Crippen molar-refractivity contribution >= 4 is 0 Å². The van der Waals surface area contributed by atoms with Gasteiger partial charge in [0, 0.05) is 25.2 Å².